The summed E-state index contributed by atoms with van der Waals surface area (Å²) < 4.78 is 26.5. The smallest absolute Gasteiger partial charge is 0.344 e. The molecule has 4 rings (SSSR count). The Morgan fingerprint density at radius 3 is 1.97 bits per heavy atom. The highest BCUT2D eigenvalue weighted by molar-refractivity contribution is 5.92. The highest BCUT2D eigenvalue weighted by Crippen LogP contribution is 2.27. The third-order valence-electron chi connectivity index (χ3n) is 4.91. The maximum atomic E-state index is 12.6. The lowest BCUT2D eigenvalue weighted by Gasteiger charge is -2.09. The van der Waals surface area contributed by atoms with Crippen LogP contribution in [0.4, 0.5) is 0 Å². The monoisotopic (exact) mass is 432 g/mol. The first kappa shape index (κ1) is 21.0. The number of carbonyl (C=O) groups excluding carboxylic acids is 1. The molecule has 7 nitrogen and oxygen atoms in total. The first-order chi connectivity index (χ1) is 15.5. The Kier molecular flexibility index (Phi) is 5.81. The standard InChI is InChI=1S/C25H20O7/c1-28-18-7-4-15(5-8-18)22-12-16-6-9-19(14-23(16)32-25(22)27)31-24(26)17-10-20(29-2)13-21(11-17)30-3/h4-14H,1-3H3. The molecule has 1 aromatic heterocycles. The number of ether oxygens (including phenoxy) is 4. The van der Waals surface area contributed by atoms with Crippen LogP contribution in [0.1, 0.15) is 10.4 Å². The van der Waals surface area contributed by atoms with Crippen LogP contribution in [0.2, 0.25) is 0 Å². The van der Waals surface area contributed by atoms with Crippen molar-refractivity contribution in [1.82, 2.24) is 0 Å². The largest absolute Gasteiger partial charge is 0.497 e. The Balaban J connectivity index is 1.63. The van der Waals surface area contributed by atoms with Gasteiger partial charge in [-0.3, -0.25) is 0 Å². The molecule has 0 fully saturated rings. The Morgan fingerprint density at radius 2 is 1.34 bits per heavy atom. The predicted molar refractivity (Wildman–Crippen MR) is 119 cm³/mol. The van der Waals surface area contributed by atoms with Crippen molar-refractivity contribution in [3.05, 3.63) is 82.7 Å². The molecule has 3 aromatic carbocycles. The van der Waals surface area contributed by atoms with Gasteiger partial charge in [0, 0.05) is 17.5 Å². The Hall–Kier alpha value is -4.26. The average Bonchev–Trinajstić information content (AvgIpc) is 2.83. The number of hydrogen-bond acceptors (Lipinski definition) is 7. The summed E-state index contributed by atoms with van der Waals surface area (Å²) in [5.41, 5.74) is 1.21. The van der Waals surface area contributed by atoms with Gasteiger partial charge < -0.3 is 23.4 Å². The highest BCUT2D eigenvalue weighted by atomic mass is 16.5. The van der Waals surface area contributed by atoms with Crippen LogP contribution in [0, 0.1) is 0 Å². The van der Waals surface area contributed by atoms with Gasteiger partial charge in [0.2, 0.25) is 0 Å². The van der Waals surface area contributed by atoms with Gasteiger partial charge in [-0.05, 0) is 48.0 Å². The molecular weight excluding hydrogens is 412 g/mol. The normalized spacial score (nSPS) is 10.6. The van der Waals surface area contributed by atoms with Gasteiger partial charge in [0.25, 0.3) is 0 Å². The lowest BCUT2D eigenvalue weighted by molar-refractivity contribution is 0.0734. The summed E-state index contributed by atoms with van der Waals surface area (Å²) in [6.07, 6.45) is 0. The third-order valence-corrected chi connectivity index (χ3v) is 4.91. The first-order valence-electron chi connectivity index (χ1n) is 9.68. The minimum Gasteiger partial charge on any atom is -0.497 e. The van der Waals surface area contributed by atoms with Crippen LogP contribution >= 0.6 is 0 Å². The van der Waals surface area contributed by atoms with Crippen molar-refractivity contribution in [3.63, 3.8) is 0 Å². The summed E-state index contributed by atoms with van der Waals surface area (Å²) in [5.74, 6) is 1.26. The van der Waals surface area contributed by atoms with Gasteiger partial charge in [-0.2, -0.15) is 0 Å². The van der Waals surface area contributed by atoms with Crippen molar-refractivity contribution in [2.45, 2.75) is 0 Å². The van der Waals surface area contributed by atoms with E-state index in [9.17, 15) is 9.59 Å². The highest BCUT2D eigenvalue weighted by Gasteiger charge is 2.14. The van der Waals surface area contributed by atoms with Gasteiger partial charge in [-0.25, -0.2) is 9.59 Å². The second-order valence-corrected chi connectivity index (χ2v) is 6.87. The minimum atomic E-state index is -0.598. The average molecular weight is 432 g/mol. The molecule has 0 amide bonds. The third kappa shape index (κ3) is 4.27. The van der Waals surface area contributed by atoms with Crippen molar-refractivity contribution < 1.29 is 28.2 Å². The van der Waals surface area contributed by atoms with Crippen molar-refractivity contribution >= 4 is 16.9 Å². The molecule has 4 aromatic rings. The van der Waals surface area contributed by atoms with E-state index in [4.69, 9.17) is 23.4 Å². The summed E-state index contributed by atoms with van der Waals surface area (Å²) in [5, 5.41) is 0.693. The summed E-state index contributed by atoms with van der Waals surface area (Å²) in [6.45, 7) is 0. The van der Waals surface area contributed by atoms with E-state index in [-0.39, 0.29) is 11.3 Å². The number of esters is 1. The summed E-state index contributed by atoms with van der Waals surface area (Å²) in [4.78, 5) is 25.2. The Bertz CT molecular complexity index is 1310. The fraction of sp³-hybridized carbons (Fsp3) is 0.120. The first-order valence-corrected chi connectivity index (χ1v) is 9.68. The fourth-order valence-corrected chi connectivity index (χ4v) is 3.22. The van der Waals surface area contributed by atoms with Gasteiger partial charge in [0.15, 0.2) is 0 Å². The Labute approximate surface area is 183 Å². The van der Waals surface area contributed by atoms with Gasteiger partial charge in [0.05, 0.1) is 32.5 Å². The van der Waals surface area contributed by atoms with E-state index in [0.717, 1.165) is 0 Å². The van der Waals surface area contributed by atoms with E-state index in [2.05, 4.69) is 0 Å². The van der Waals surface area contributed by atoms with Crippen LogP contribution in [0.3, 0.4) is 0 Å². The van der Waals surface area contributed by atoms with Crippen molar-refractivity contribution in [2.75, 3.05) is 21.3 Å². The molecule has 0 aliphatic heterocycles. The van der Waals surface area contributed by atoms with E-state index in [1.807, 2.05) is 0 Å². The zero-order valence-corrected chi connectivity index (χ0v) is 17.7. The summed E-state index contributed by atoms with van der Waals surface area (Å²) in [7, 11) is 4.57. The van der Waals surface area contributed by atoms with Crippen LogP contribution in [0.5, 0.6) is 23.0 Å². The number of fused-ring (bicyclic) bond motifs is 1. The maximum Gasteiger partial charge on any atom is 0.344 e. The topological polar surface area (TPSA) is 84.2 Å². The molecule has 7 heteroatoms. The zero-order valence-electron chi connectivity index (χ0n) is 17.7. The maximum absolute atomic E-state index is 12.6. The van der Waals surface area contributed by atoms with Crippen molar-refractivity contribution in [1.29, 1.82) is 0 Å². The molecule has 0 spiro atoms. The summed E-state index contributed by atoms with van der Waals surface area (Å²) in [6, 6.07) is 18.5. The second-order valence-electron chi connectivity index (χ2n) is 6.87. The molecule has 0 N–H and O–H groups in total. The van der Waals surface area contributed by atoms with Crippen molar-refractivity contribution in [2.24, 2.45) is 0 Å². The molecule has 0 unspecified atom stereocenters. The quantitative estimate of drug-likeness (QED) is 0.248. The van der Waals surface area contributed by atoms with Gasteiger partial charge in [0.1, 0.15) is 28.6 Å². The van der Waals surface area contributed by atoms with E-state index in [1.54, 1.807) is 67.8 Å². The molecule has 0 saturated carbocycles. The molecule has 32 heavy (non-hydrogen) atoms. The molecule has 0 radical (unpaired) electrons. The molecule has 0 aliphatic rings. The van der Waals surface area contributed by atoms with Crippen molar-refractivity contribution in [3.8, 4) is 34.1 Å². The molecule has 0 atom stereocenters. The van der Waals surface area contributed by atoms with Gasteiger partial charge >= 0.3 is 11.6 Å². The molecule has 0 saturated heterocycles. The molecular formula is C25H20O7. The number of hydrogen-bond donors (Lipinski definition) is 0. The number of rotatable bonds is 6. The second kappa shape index (κ2) is 8.85. The Morgan fingerprint density at radius 1 is 0.719 bits per heavy atom. The zero-order chi connectivity index (χ0) is 22.7. The van der Waals surface area contributed by atoms with Gasteiger partial charge in [-0.1, -0.05) is 12.1 Å². The van der Waals surface area contributed by atoms with Crippen LogP contribution in [-0.2, 0) is 0 Å². The molecule has 162 valence electrons. The van der Waals surface area contributed by atoms with E-state index in [0.29, 0.717) is 39.3 Å². The SMILES string of the molecule is COc1ccc(-c2cc3ccc(OC(=O)c4cc(OC)cc(OC)c4)cc3oc2=O)cc1. The lowest BCUT2D eigenvalue weighted by atomic mass is 10.1. The van der Waals surface area contributed by atoms with Gasteiger partial charge in [-0.15, -0.1) is 0 Å². The van der Waals surface area contributed by atoms with Crippen LogP contribution < -0.4 is 24.6 Å². The lowest BCUT2D eigenvalue weighted by Crippen LogP contribution is -2.09. The summed E-state index contributed by atoms with van der Waals surface area (Å²) >= 11 is 0. The molecule has 1 heterocycles. The molecule has 0 aliphatic carbocycles. The number of methoxy groups -OCH3 is 3. The van der Waals surface area contributed by atoms with Crippen LogP contribution in [-0.4, -0.2) is 27.3 Å². The van der Waals surface area contributed by atoms with Crippen LogP contribution in [0.15, 0.2) is 75.9 Å². The fourth-order valence-electron chi connectivity index (χ4n) is 3.22. The van der Waals surface area contributed by atoms with E-state index >= 15 is 0 Å². The number of benzene rings is 3. The predicted octanol–water partition coefficient (Wildman–Crippen LogP) is 4.71. The van der Waals surface area contributed by atoms with E-state index < -0.39 is 11.6 Å². The number of carbonyl (C=O) groups is 1. The minimum absolute atomic E-state index is 0.240. The molecule has 0 bridgehead atoms. The van der Waals surface area contributed by atoms with Crippen LogP contribution in [0.25, 0.3) is 22.1 Å². The van der Waals surface area contributed by atoms with E-state index in [1.165, 1.54) is 20.3 Å².